The van der Waals surface area contributed by atoms with Gasteiger partial charge in [0.25, 0.3) is 0 Å². The third kappa shape index (κ3) is 16.2. The van der Waals surface area contributed by atoms with Crippen LogP contribution >= 0.6 is 97.6 Å². The van der Waals surface area contributed by atoms with Crippen LogP contribution < -0.4 is 9.80 Å². The van der Waals surface area contributed by atoms with E-state index in [0.29, 0.717) is 0 Å². The Labute approximate surface area is 660 Å². The van der Waals surface area contributed by atoms with E-state index in [0.717, 1.165) is 100 Å². The zero-order valence-corrected chi connectivity index (χ0v) is 69.1. The minimum atomic E-state index is 0.103. The molecule has 104 heavy (non-hydrogen) atoms. The molecule has 0 heterocycles. The van der Waals surface area contributed by atoms with Crippen LogP contribution in [0.4, 0.5) is 34.1 Å². The highest BCUT2D eigenvalue weighted by Gasteiger charge is 2.32. The molecule has 0 saturated heterocycles. The molecule has 10 heteroatoms. The highest BCUT2D eigenvalue weighted by Crippen LogP contribution is 2.59. The quantitative estimate of drug-likeness (QED) is 0.0175. The van der Waals surface area contributed by atoms with Gasteiger partial charge in [-0.3, -0.25) is 0 Å². The first-order valence-electron chi connectivity index (χ1n) is 38.8. The largest absolute Gasteiger partial charge is 0.310 e. The lowest BCUT2D eigenvalue weighted by molar-refractivity contribution is 0.780. The van der Waals surface area contributed by atoms with Crippen molar-refractivity contribution in [2.24, 2.45) is 0 Å². The smallest absolute Gasteiger partial charge is 0.0540 e. The van der Waals surface area contributed by atoms with Gasteiger partial charge in [0, 0.05) is 74.1 Å². The van der Waals surface area contributed by atoms with Crippen molar-refractivity contribution in [1.82, 2.24) is 0 Å². The van der Waals surface area contributed by atoms with Crippen molar-refractivity contribution in [3.05, 3.63) is 216 Å². The summed E-state index contributed by atoms with van der Waals surface area (Å²) in [5.41, 5.74) is 17.1. The second-order valence-corrected chi connectivity index (χ2v) is 35.6. The Morgan fingerprint density at radius 1 is 0.269 bits per heavy atom. The maximum absolute atomic E-state index is 5.40. The van der Waals surface area contributed by atoms with Gasteiger partial charge < -0.3 is 9.80 Å². The van der Waals surface area contributed by atoms with E-state index in [1.54, 1.807) is 0 Å². The van der Waals surface area contributed by atoms with Gasteiger partial charge in [-0.25, -0.2) is 0 Å². The van der Waals surface area contributed by atoms with Crippen LogP contribution in [0.15, 0.2) is 214 Å². The van der Waals surface area contributed by atoms with Crippen molar-refractivity contribution >= 4 is 196 Å². The van der Waals surface area contributed by atoms with Gasteiger partial charge in [0.15, 0.2) is 0 Å². The standard InChI is InChI=1S/C94H104N2S8/c1-9-17-45-101-71-53-63(83(97)29-13-5)49-67(57-71)95(68-50-64(84(98)30-14-6)54-72(58-68)102-46-18-10-2)81-43-41-79-89-75(81)37-27-39-77(89)91-87(61-33-23-21-24-34-61)92-78-40-28-38-76-82(44-42-80(90(76)78)94(92)88(93(79)91)62-35-25-22-26-36-62)96(69-51-65(85(99)31-15-7)55-73(59-69)103-47-19-11-3)70-52-66(86(100)32-16-8)56-74(60-70)104-48-20-12-4/h21-28,33-44,49-60,83-86,97-100H,9-20,29-32,45-48H2,1-8H3. The first-order chi connectivity index (χ1) is 50.9. The third-order valence-electron chi connectivity index (χ3n) is 20.8. The normalized spacial score (nSPS) is 13.2. The van der Waals surface area contributed by atoms with Gasteiger partial charge in [-0.15, -0.1) is 47.0 Å². The van der Waals surface area contributed by atoms with Gasteiger partial charge in [0.2, 0.25) is 0 Å². The molecule has 0 aliphatic carbocycles. The summed E-state index contributed by atoms with van der Waals surface area (Å²) in [6, 6.07) is 76.6. The average Bonchev–Trinajstić information content (AvgIpc) is 1.51. The van der Waals surface area contributed by atoms with Gasteiger partial charge in [-0.1, -0.05) is 216 Å². The highest BCUT2D eigenvalue weighted by atomic mass is 32.2. The summed E-state index contributed by atoms with van der Waals surface area (Å²) in [7, 11) is 0. The molecule has 0 radical (unpaired) electrons. The van der Waals surface area contributed by atoms with Crippen LogP contribution in [0.2, 0.25) is 0 Å². The molecule has 4 atom stereocenters. The molecule has 2 nitrogen and oxygen atoms in total. The van der Waals surface area contributed by atoms with Gasteiger partial charge in [-0.05, 0) is 258 Å². The van der Waals surface area contributed by atoms with Crippen molar-refractivity contribution < 1.29 is 0 Å². The number of hydrogen-bond donors (Lipinski definition) is 4. The first kappa shape index (κ1) is 76.5. The fraction of sp³-hybridized carbons (Fsp3) is 0.340. The van der Waals surface area contributed by atoms with Crippen LogP contribution in [0.5, 0.6) is 0 Å². The maximum atomic E-state index is 5.40. The van der Waals surface area contributed by atoms with Crippen LogP contribution in [-0.2, 0) is 0 Å². The number of rotatable bonds is 36. The number of thiol groups is 4. The molecule has 0 N–H and O–H groups in total. The maximum Gasteiger partial charge on any atom is 0.0540 e. The molecule has 0 spiro atoms. The Morgan fingerprint density at radius 2 is 0.538 bits per heavy atom. The topological polar surface area (TPSA) is 6.48 Å². The van der Waals surface area contributed by atoms with E-state index in [4.69, 9.17) is 50.5 Å². The fourth-order valence-electron chi connectivity index (χ4n) is 15.6. The predicted molar refractivity (Wildman–Crippen MR) is 483 cm³/mol. The van der Waals surface area contributed by atoms with E-state index in [1.807, 2.05) is 47.0 Å². The summed E-state index contributed by atoms with van der Waals surface area (Å²) >= 11 is 29.5. The van der Waals surface area contributed by atoms with Crippen LogP contribution in [0.3, 0.4) is 0 Å². The van der Waals surface area contributed by atoms with Gasteiger partial charge in [0.1, 0.15) is 0 Å². The van der Waals surface area contributed by atoms with E-state index in [9.17, 15) is 0 Å². The van der Waals surface area contributed by atoms with Crippen LogP contribution in [0, 0.1) is 0 Å². The summed E-state index contributed by atoms with van der Waals surface area (Å²) in [5, 5.41) is 15.7. The van der Waals surface area contributed by atoms with E-state index in [1.165, 1.54) is 189 Å². The summed E-state index contributed by atoms with van der Waals surface area (Å²) in [6.07, 6.45) is 17.6. The van der Waals surface area contributed by atoms with Gasteiger partial charge >= 0.3 is 0 Å². The lowest BCUT2D eigenvalue weighted by atomic mass is 9.87. The van der Waals surface area contributed by atoms with Crippen molar-refractivity contribution in [1.29, 1.82) is 0 Å². The molecule has 0 aliphatic heterocycles. The lowest BCUT2D eigenvalue weighted by Gasteiger charge is -2.30. The number of fused-ring (bicyclic) bond motifs is 6. The van der Waals surface area contributed by atoms with E-state index in [-0.39, 0.29) is 21.0 Å². The number of thioether (sulfide) groups is 4. The molecule has 13 aromatic carbocycles. The second kappa shape index (κ2) is 36.0. The average molecular weight is 1520 g/mol. The fourth-order valence-corrected chi connectivity index (χ4v) is 21.6. The van der Waals surface area contributed by atoms with Crippen molar-refractivity contribution in [2.75, 3.05) is 32.8 Å². The minimum Gasteiger partial charge on any atom is -0.310 e. The molecule has 13 aromatic rings. The number of benzene rings is 11. The molecule has 0 aliphatic rings. The zero-order chi connectivity index (χ0) is 72.4. The summed E-state index contributed by atoms with van der Waals surface area (Å²) in [5.74, 6) is 4.28. The molecule has 13 rings (SSSR count). The summed E-state index contributed by atoms with van der Waals surface area (Å²) in [6.45, 7) is 18.3. The Bertz CT molecular complexity index is 4520. The minimum absolute atomic E-state index is 0.103. The van der Waals surface area contributed by atoms with Crippen LogP contribution in [0.25, 0.3) is 86.9 Å². The molecule has 0 bridgehead atoms. The van der Waals surface area contributed by atoms with Gasteiger partial charge in [0.05, 0.1) is 11.4 Å². The molecular weight excluding hydrogens is 1410 g/mol. The number of hydrogen-bond acceptors (Lipinski definition) is 10. The van der Waals surface area contributed by atoms with E-state index < -0.39 is 0 Å². The molecule has 0 amide bonds. The van der Waals surface area contributed by atoms with Crippen molar-refractivity contribution in [2.45, 2.75) is 199 Å². The predicted octanol–water partition coefficient (Wildman–Crippen LogP) is 32.4. The molecular formula is C94H104N2S8. The Hall–Kier alpha value is -5.66. The molecule has 0 saturated carbocycles. The van der Waals surface area contributed by atoms with Crippen LogP contribution in [-0.4, -0.2) is 23.0 Å². The van der Waals surface area contributed by atoms with Crippen molar-refractivity contribution in [3.63, 3.8) is 0 Å². The van der Waals surface area contributed by atoms with E-state index in [2.05, 4.69) is 259 Å². The van der Waals surface area contributed by atoms with Crippen LogP contribution in [0.1, 0.15) is 201 Å². The monoisotopic (exact) mass is 1520 g/mol. The molecule has 4 unspecified atom stereocenters. The highest BCUT2D eigenvalue weighted by molar-refractivity contribution is 8.00. The Balaban J connectivity index is 1.14. The molecule has 0 fully saturated rings. The van der Waals surface area contributed by atoms with E-state index >= 15 is 0 Å². The molecule has 0 aromatic heterocycles. The summed E-state index contributed by atoms with van der Waals surface area (Å²) < 4.78 is 0. The molecule has 538 valence electrons. The Morgan fingerprint density at radius 3 is 0.808 bits per heavy atom. The number of nitrogens with zero attached hydrogens (tertiary/aromatic N) is 2. The SMILES string of the molecule is CCCCSc1cc(C(S)CCC)cc(N(c2cc(SCCCC)cc(C(S)CCC)c2)c2ccc3c4c(-c5ccccc5)c5c6ccc(N(c7cc(SCCCC)cc(C(S)CCC)c7)c7cc(SCCCC)cc(C(S)CCC)c7)c7cccc(c5c(-c5ccccc5)c4c4cccc2c43)c76)c1. The first-order valence-corrected chi connectivity index (χ1v) is 44.9. The van der Waals surface area contributed by atoms with Gasteiger partial charge in [-0.2, -0.15) is 50.5 Å². The second-order valence-electron chi connectivity index (χ2n) is 28.4. The number of unbranched alkanes of at least 4 members (excludes halogenated alkanes) is 4. The zero-order valence-electron chi connectivity index (χ0n) is 62.2. The van der Waals surface area contributed by atoms with Crippen molar-refractivity contribution in [3.8, 4) is 22.3 Å². The lowest BCUT2D eigenvalue weighted by Crippen LogP contribution is -2.12. The number of anilines is 6. The Kier molecular flexibility index (Phi) is 26.5. The summed E-state index contributed by atoms with van der Waals surface area (Å²) in [4.78, 5) is 10.4. The third-order valence-corrected chi connectivity index (χ3v) is 27.2.